The minimum Gasteiger partial charge on any atom is -0.398 e. The molecule has 7 heteroatoms. The number of hydrogen-bond donors (Lipinski definition) is 5. The van der Waals surface area contributed by atoms with E-state index >= 15 is 0 Å². The Kier molecular flexibility index (Phi) is 8.59. The first-order chi connectivity index (χ1) is 10.5. The summed E-state index contributed by atoms with van der Waals surface area (Å²) in [4.78, 5) is 2.98. The third-order valence-corrected chi connectivity index (χ3v) is 4.26. The van der Waals surface area contributed by atoms with Crippen LogP contribution in [0.1, 0.15) is 12.8 Å². The van der Waals surface area contributed by atoms with Crippen LogP contribution in [0.15, 0.2) is 23.1 Å². The molecule has 1 aromatic carbocycles. The predicted octanol–water partition coefficient (Wildman–Crippen LogP) is 0.284. The SMILES string of the molecule is CSc1cc(N(CCC(O)CO)CCC(O)CO)ccc1N. The Balaban J connectivity index is 2.82. The van der Waals surface area contributed by atoms with Crippen LogP contribution in [0.5, 0.6) is 0 Å². The molecule has 6 nitrogen and oxygen atoms in total. The normalized spacial score (nSPS) is 13.9. The highest BCUT2D eigenvalue weighted by atomic mass is 32.2. The summed E-state index contributed by atoms with van der Waals surface area (Å²) in [6, 6.07) is 5.70. The molecule has 0 aliphatic rings. The van der Waals surface area contributed by atoms with Gasteiger partial charge in [0.15, 0.2) is 0 Å². The van der Waals surface area contributed by atoms with Gasteiger partial charge in [-0.15, -0.1) is 11.8 Å². The van der Waals surface area contributed by atoms with E-state index in [4.69, 9.17) is 15.9 Å². The largest absolute Gasteiger partial charge is 0.398 e. The number of aliphatic hydroxyl groups is 4. The fraction of sp³-hybridized carbons (Fsp3) is 0.600. The molecule has 22 heavy (non-hydrogen) atoms. The molecule has 0 aromatic heterocycles. The van der Waals surface area contributed by atoms with Crippen LogP contribution in [0, 0.1) is 0 Å². The minimum absolute atomic E-state index is 0.273. The summed E-state index contributed by atoms with van der Waals surface area (Å²) in [5, 5.41) is 36.9. The van der Waals surface area contributed by atoms with Crippen LogP contribution >= 0.6 is 11.8 Å². The number of anilines is 2. The van der Waals surface area contributed by atoms with Gasteiger partial charge in [-0.25, -0.2) is 0 Å². The van der Waals surface area contributed by atoms with Gasteiger partial charge in [-0.2, -0.15) is 0 Å². The smallest absolute Gasteiger partial charge is 0.0787 e. The van der Waals surface area contributed by atoms with Crippen LogP contribution in [0.4, 0.5) is 11.4 Å². The van der Waals surface area contributed by atoms with Gasteiger partial charge >= 0.3 is 0 Å². The first-order valence-electron chi connectivity index (χ1n) is 7.28. The van der Waals surface area contributed by atoms with E-state index in [2.05, 4.69) is 0 Å². The summed E-state index contributed by atoms with van der Waals surface area (Å²) < 4.78 is 0. The topological polar surface area (TPSA) is 110 Å². The molecule has 1 aromatic rings. The Morgan fingerprint density at radius 3 is 2.09 bits per heavy atom. The number of rotatable bonds is 10. The van der Waals surface area contributed by atoms with E-state index in [1.54, 1.807) is 11.8 Å². The van der Waals surface area contributed by atoms with E-state index in [1.165, 1.54) is 0 Å². The molecule has 0 spiro atoms. The molecule has 2 atom stereocenters. The third-order valence-electron chi connectivity index (χ3n) is 3.47. The zero-order chi connectivity index (χ0) is 16.5. The molecule has 0 amide bonds. The van der Waals surface area contributed by atoms with Crippen molar-refractivity contribution in [3.05, 3.63) is 18.2 Å². The molecule has 0 fully saturated rings. The van der Waals surface area contributed by atoms with E-state index in [1.807, 2.05) is 29.4 Å². The van der Waals surface area contributed by atoms with Gasteiger partial charge in [-0.3, -0.25) is 0 Å². The van der Waals surface area contributed by atoms with Gasteiger partial charge in [0.05, 0.1) is 25.4 Å². The molecule has 0 saturated heterocycles. The fourth-order valence-corrected chi connectivity index (χ4v) is 2.60. The summed E-state index contributed by atoms with van der Waals surface area (Å²) >= 11 is 1.55. The third kappa shape index (κ3) is 6.02. The molecule has 126 valence electrons. The monoisotopic (exact) mass is 330 g/mol. The number of benzene rings is 1. The van der Waals surface area contributed by atoms with E-state index in [-0.39, 0.29) is 13.2 Å². The van der Waals surface area contributed by atoms with E-state index in [0.29, 0.717) is 31.6 Å². The Labute approximate surface area is 135 Å². The molecule has 6 N–H and O–H groups in total. The van der Waals surface area contributed by atoms with Crippen LogP contribution < -0.4 is 10.6 Å². The van der Waals surface area contributed by atoms with Gasteiger partial charge < -0.3 is 31.1 Å². The Morgan fingerprint density at radius 1 is 1.09 bits per heavy atom. The lowest BCUT2D eigenvalue weighted by atomic mass is 10.2. The summed E-state index contributed by atoms with van der Waals surface area (Å²) in [6.45, 7) is 0.533. The van der Waals surface area contributed by atoms with Crippen molar-refractivity contribution < 1.29 is 20.4 Å². The maximum Gasteiger partial charge on any atom is 0.0787 e. The van der Waals surface area contributed by atoms with Crippen LogP contribution in [0.25, 0.3) is 0 Å². The first-order valence-corrected chi connectivity index (χ1v) is 8.50. The molecule has 0 bridgehead atoms. The number of nitrogen functional groups attached to an aromatic ring is 1. The average molecular weight is 330 g/mol. The Bertz CT molecular complexity index is 434. The first kappa shape index (κ1) is 19.1. The van der Waals surface area contributed by atoms with Gasteiger partial charge in [0.2, 0.25) is 0 Å². The van der Waals surface area contributed by atoms with Crippen molar-refractivity contribution in [2.45, 2.75) is 29.9 Å². The number of aliphatic hydroxyl groups excluding tert-OH is 4. The highest BCUT2D eigenvalue weighted by Gasteiger charge is 2.13. The number of nitrogens with zero attached hydrogens (tertiary/aromatic N) is 1. The van der Waals surface area contributed by atoms with Gasteiger partial charge in [0.1, 0.15) is 0 Å². The average Bonchev–Trinajstić information content (AvgIpc) is 2.54. The Morgan fingerprint density at radius 2 is 1.64 bits per heavy atom. The summed E-state index contributed by atoms with van der Waals surface area (Å²) in [5.74, 6) is 0. The van der Waals surface area contributed by atoms with Crippen molar-refractivity contribution in [1.82, 2.24) is 0 Å². The number of hydrogen-bond acceptors (Lipinski definition) is 7. The molecule has 1 rings (SSSR count). The van der Waals surface area contributed by atoms with Crippen LogP contribution in [-0.4, -0.2) is 65.2 Å². The quantitative estimate of drug-likeness (QED) is 0.310. The highest BCUT2D eigenvalue weighted by Crippen LogP contribution is 2.28. The molecule has 0 aliphatic carbocycles. The number of nitrogens with two attached hydrogens (primary N) is 1. The lowest BCUT2D eigenvalue weighted by Gasteiger charge is -2.27. The van der Waals surface area contributed by atoms with Crippen LogP contribution in [0.3, 0.4) is 0 Å². The second-order valence-corrected chi connectivity index (χ2v) is 6.01. The summed E-state index contributed by atoms with van der Waals surface area (Å²) in [5.41, 5.74) is 7.55. The molecule has 2 unspecified atom stereocenters. The van der Waals surface area contributed by atoms with Crippen molar-refractivity contribution in [2.24, 2.45) is 0 Å². The second-order valence-electron chi connectivity index (χ2n) is 5.16. The zero-order valence-electron chi connectivity index (χ0n) is 12.9. The lowest BCUT2D eigenvalue weighted by Crippen LogP contribution is -2.31. The zero-order valence-corrected chi connectivity index (χ0v) is 13.7. The van der Waals surface area contributed by atoms with Crippen molar-refractivity contribution in [1.29, 1.82) is 0 Å². The van der Waals surface area contributed by atoms with Crippen LogP contribution in [0.2, 0.25) is 0 Å². The maximum atomic E-state index is 9.53. The molecule has 0 aliphatic heterocycles. The van der Waals surface area contributed by atoms with Gasteiger partial charge in [-0.1, -0.05) is 0 Å². The van der Waals surface area contributed by atoms with Gasteiger partial charge in [0.25, 0.3) is 0 Å². The molecule has 0 heterocycles. The molecular weight excluding hydrogens is 304 g/mol. The second kappa shape index (κ2) is 9.91. The Hall–Kier alpha value is -0.990. The van der Waals surface area contributed by atoms with Gasteiger partial charge in [-0.05, 0) is 37.3 Å². The van der Waals surface area contributed by atoms with Gasteiger partial charge in [0, 0.05) is 29.4 Å². The fourth-order valence-electron chi connectivity index (χ4n) is 2.06. The van der Waals surface area contributed by atoms with E-state index in [0.717, 1.165) is 10.6 Å². The van der Waals surface area contributed by atoms with Crippen molar-refractivity contribution in [2.75, 3.05) is 43.2 Å². The predicted molar refractivity (Wildman–Crippen MR) is 90.3 cm³/mol. The number of thioether (sulfide) groups is 1. The van der Waals surface area contributed by atoms with Crippen molar-refractivity contribution in [3.8, 4) is 0 Å². The van der Waals surface area contributed by atoms with E-state index < -0.39 is 12.2 Å². The summed E-state index contributed by atoms with van der Waals surface area (Å²) in [6.07, 6.45) is 1.26. The van der Waals surface area contributed by atoms with E-state index in [9.17, 15) is 10.2 Å². The van der Waals surface area contributed by atoms with Crippen LogP contribution in [-0.2, 0) is 0 Å². The lowest BCUT2D eigenvalue weighted by molar-refractivity contribution is 0.0854. The molecular formula is C15H26N2O4S. The molecule has 0 radical (unpaired) electrons. The summed E-state index contributed by atoms with van der Waals surface area (Å²) in [7, 11) is 0. The highest BCUT2D eigenvalue weighted by molar-refractivity contribution is 7.98. The minimum atomic E-state index is -0.765. The van der Waals surface area contributed by atoms with Crippen molar-refractivity contribution >= 4 is 23.1 Å². The maximum absolute atomic E-state index is 9.53. The van der Waals surface area contributed by atoms with Crippen molar-refractivity contribution in [3.63, 3.8) is 0 Å². The molecule has 0 saturated carbocycles. The standard InChI is InChI=1S/C15H26N2O4S/c1-22-15-8-11(2-3-14(15)16)17(6-4-12(20)9-18)7-5-13(21)10-19/h2-3,8,12-13,18-21H,4-7,9-10,16H2,1H3.